The van der Waals surface area contributed by atoms with Crippen molar-refractivity contribution >= 4 is 23.5 Å². The molecule has 0 fully saturated rings. The van der Waals surface area contributed by atoms with Gasteiger partial charge in [0.25, 0.3) is 0 Å². The van der Waals surface area contributed by atoms with Gasteiger partial charge in [0, 0.05) is 30.5 Å². The third kappa shape index (κ3) is 14.5. The molecule has 0 aliphatic carbocycles. The van der Waals surface area contributed by atoms with Crippen molar-refractivity contribution in [2.45, 2.75) is 104 Å². The smallest absolute Gasteiger partial charge is 0.384 e. The van der Waals surface area contributed by atoms with Gasteiger partial charge in [-0.25, -0.2) is 4.79 Å². The van der Waals surface area contributed by atoms with Crippen LogP contribution >= 0.6 is 11.6 Å². The molecule has 2 aromatic carbocycles. The van der Waals surface area contributed by atoms with Crippen molar-refractivity contribution in [1.82, 2.24) is 5.06 Å². The third-order valence-electron chi connectivity index (χ3n) is 6.41. The third-order valence-corrected chi connectivity index (χ3v) is 6.64. The van der Waals surface area contributed by atoms with Crippen LogP contribution in [0.25, 0.3) is 0 Å². The maximum atomic E-state index is 12.4. The van der Waals surface area contributed by atoms with Gasteiger partial charge in [-0.1, -0.05) is 111 Å². The molecule has 40 heavy (non-hydrogen) atoms. The zero-order valence-electron chi connectivity index (χ0n) is 24.3. The van der Waals surface area contributed by atoms with Crippen molar-refractivity contribution in [2.75, 3.05) is 6.54 Å². The molecule has 6 nitrogen and oxygen atoms in total. The minimum atomic E-state index is -1.02. The van der Waals surface area contributed by atoms with Crippen LogP contribution in [0.5, 0.6) is 0 Å². The van der Waals surface area contributed by atoms with Crippen LogP contribution in [-0.2, 0) is 37.2 Å². The summed E-state index contributed by atoms with van der Waals surface area (Å²) in [5, 5.41) is 2.21. The number of hydroxylamine groups is 2. The second kappa shape index (κ2) is 20.1. The molecule has 1 unspecified atom stereocenters. The van der Waals surface area contributed by atoms with E-state index in [1.54, 1.807) is 12.0 Å². The minimum Gasteiger partial charge on any atom is -0.450 e. The molecule has 0 heterocycles. The van der Waals surface area contributed by atoms with Crippen molar-refractivity contribution < 1.29 is 24.2 Å². The summed E-state index contributed by atoms with van der Waals surface area (Å²) < 4.78 is 5.01. The standard InChI is InChI=1S/C33H44ClNO5/c1-4-6-7-8-9-10-11-12-13-14-16-28-19-21-30(22-20-28)26-35(24-23-29-17-15-18-31(34)25-29)40-39-33(37)32(5-2)38-27(3)36/h15,17-22,25,32H,4-13,23-24,26H2,1-3H3. The Morgan fingerprint density at radius 3 is 2.27 bits per heavy atom. The second-order valence-corrected chi connectivity index (χ2v) is 10.4. The summed E-state index contributed by atoms with van der Waals surface area (Å²) >= 11 is 6.12. The number of unbranched alkanes of at least 4 members (excludes halogenated alkanes) is 8. The molecule has 0 aliphatic heterocycles. The Labute approximate surface area is 245 Å². The first-order valence-corrected chi connectivity index (χ1v) is 14.9. The zero-order chi connectivity index (χ0) is 29.0. The average Bonchev–Trinajstić information content (AvgIpc) is 2.94. The molecule has 218 valence electrons. The van der Waals surface area contributed by atoms with E-state index >= 15 is 0 Å². The average molecular weight is 570 g/mol. The van der Waals surface area contributed by atoms with Crippen LogP contribution < -0.4 is 0 Å². The first kappa shape index (κ1) is 33.4. The number of rotatable bonds is 18. The number of ether oxygens (including phenoxy) is 1. The number of carbonyl (C=O) groups is 2. The van der Waals surface area contributed by atoms with Gasteiger partial charge in [-0.15, -0.1) is 5.06 Å². The van der Waals surface area contributed by atoms with E-state index in [0.717, 1.165) is 29.5 Å². The number of hydrogen-bond acceptors (Lipinski definition) is 6. The lowest BCUT2D eigenvalue weighted by Crippen LogP contribution is -2.32. The molecule has 0 aliphatic rings. The molecule has 2 aromatic rings. The highest BCUT2D eigenvalue weighted by atomic mass is 35.5. The molecule has 7 heteroatoms. The van der Waals surface area contributed by atoms with Crippen LogP contribution in [0.1, 0.15) is 102 Å². The van der Waals surface area contributed by atoms with Crippen molar-refractivity contribution in [3.05, 3.63) is 70.2 Å². The summed E-state index contributed by atoms with van der Waals surface area (Å²) in [7, 11) is 0. The number of benzene rings is 2. The molecular weight excluding hydrogens is 526 g/mol. The fourth-order valence-electron chi connectivity index (χ4n) is 4.14. The number of halogens is 1. The van der Waals surface area contributed by atoms with Crippen LogP contribution in [0.4, 0.5) is 0 Å². The van der Waals surface area contributed by atoms with Gasteiger partial charge in [0.15, 0.2) is 0 Å². The van der Waals surface area contributed by atoms with Gasteiger partial charge in [0.05, 0.1) is 6.54 Å². The minimum absolute atomic E-state index is 0.284. The van der Waals surface area contributed by atoms with E-state index in [2.05, 4.69) is 18.8 Å². The molecule has 0 saturated carbocycles. The SMILES string of the molecule is CCCCCCCCCCC#Cc1ccc(CN(CCc2cccc(Cl)c2)OOC(=O)C(CC)OC(C)=O)cc1. The predicted octanol–water partition coefficient (Wildman–Crippen LogP) is 8.00. The molecule has 0 N–H and O–H groups in total. The van der Waals surface area contributed by atoms with Crippen LogP contribution in [0.15, 0.2) is 48.5 Å². The monoisotopic (exact) mass is 569 g/mol. The maximum absolute atomic E-state index is 12.4. The lowest BCUT2D eigenvalue weighted by molar-refractivity contribution is -0.404. The molecule has 0 bridgehead atoms. The second-order valence-electron chi connectivity index (χ2n) is 9.95. The molecule has 0 radical (unpaired) electrons. The highest BCUT2D eigenvalue weighted by Crippen LogP contribution is 2.14. The Morgan fingerprint density at radius 1 is 0.925 bits per heavy atom. The van der Waals surface area contributed by atoms with E-state index in [-0.39, 0.29) is 6.42 Å². The van der Waals surface area contributed by atoms with E-state index in [9.17, 15) is 9.59 Å². The lowest BCUT2D eigenvalue weighted by atomic mass is 10.1. The largest absolute Gasteiger partial charge is 0.450 e. The van der Waals surface area contributed by atoms with Crippen molar-refractivity contribution in [1.29, 1.82) is 0 Å². The molecule has 0 spiro atoms. The molecule has 0 amide bonds. The Kier molecular flexibility index (Phi) is 16.8. The van der Waals surface area contributed by atoms with E-state index in [0.29, 0.717) is 24.5 Å². The van der Waals surface area contributed by atoms with Gasteiger partial charge >= 0.3 is 11.9 Å². The summed E-state index contributed by atoms with van der Waals surface area (Å²) in [6.45, 7) is 6.05. The summed E-state index contributed by atoms with van der Waals surface area (Å²) in [5.41, 5.74) is 2.97. The van der Waals surface area contributed by atoms with Gasteiger partial charge in [0.1, 0.15) is 0 Å². The fourth-order valence-corrected chi connectivity index (χ4v) is 4.35. The van der Waals surface area contributed by atoms with Gasteiger partial charge < -0.3 is 4.74 Å². The predicted molar refractivity (Wildman–Crippen MR) is 159 cm³/mol. The molecule has 0 saturated heterocycles. The van der Waals surface area contributed by atoms with E-state index in [1.807, 2.05) is 48.5 Å². The Morgan fingerprint density at radius 2 is 1.62 bits per heavy atom. The van der Waals surface area contributed by atoms with Crippen LogP contribution in [0.2, 0.25) is 5.02 Å². The van der Waals surface area contributed by atoms with E-state index in [1.165, 1.54) is 51.9 Å². The summed E-state index contributed by atoms with van der Waals surface area (Å²) in [6, 6.07) is 15.5. The van der Waals surface area contributed by atoms with Gasteiger partial charge in [0.2, 0.25) is 6.10 Å². The number of carbonyl (C=O) groups excluding carboxylic acids is 2. The summed E-state index contributed by atoms with van der Waals surface area (Å²) in [5.74, 6) is 5.23. The highest BCUT2D eigenvalue weighted by molar-refractivity contribution is 6.30. The summed E-state index contributed by atoms with van der Waals surface area (Å²) in [6.07, 6.45) is 11.2. The number of esters is 1. The van der Waals surface area contributed by atoms with Crippen molar-refractivity contribution in [2.24, 2.45) is 0 Å². The van der Waals surface area contributed by atoms with E-state index < -0.39 is 18.0 Å². The quantitative estimate of drug-likeness (QED) is 0.0595. The van der Waals surface area contributed by atoms with Gasteiger partial charge in [-0.05, 0) is 54.7 Å². The first-order valence-electron chi connectivity index (χ1n) is 14.5. The van der Waals surface area contributed by atoms with Crippen LogP contribution in [0, 0.1) is 11.8 Å². The summed E-state index contributed by atoms with van der Waals surface area (Å²) in [4.78, 5) is 34.1. The maximum Gasteiger partial charge on any atom is 0.384 e. The van der Waals surface area contributed by atoms with Crippen LogP contribution in [0.3, 0.4) is 0 Å². The first-order chi connectivity index (χ1) is 19.4. The molecular formula is C33H44ClNO5. The van der Waals surface area contributed by atoms with Gasteiger partial charge in [-0.2, -0.15) is 0 Å². The number of hydrogen-bond donors (Lipinski definition) is 0. The van der Waals surface area contributed by atoms with Crippen LogP contribution in [-0.4, -0.2) is 29.7 Å². The Balaban J connectivity index is 1.89. The fraction of sp³-hybridized carbons (Fsp3) is 0.515. The van der Waals surface area contributed by atoms with Gasteiger partial charge in [-0.3, -0.25) is 9.68 Å². The van der Waals surface area contributed by atoms with Crippen molar-refractivity contribution in [3.63, 3.8) is 0 Å². The zero-order valence-corrected chi connectivity index (χ0v) is 25.0. The molecule has 2 rings (SSSR count). The Bertz CT molecular complexity index is 1080. The Hall–Kier alpha value is -2.85. The van der Waals surface area contributed by atoms with E-state index in [4.69, 9.17) is 26.2 Å². The molecule has 0 aromatic heterocycles. The molecule has 1 atom stereocenters. The normalized spacial score (nSPS) is 11.5. The number of nitrogens with zero attached hydrogens (tertiary/aromatic N) is 1. The lowest BCUT2D eigenvalue weighted by Gasteiger charge is -2.21. The van der Waals surface area contributed by atoms with Crippen molar-refractivity contribution in [3.8, 4) is 11.8 Å². The topological polar surface area (TPSA) is 65.1 Å². The highest BCUT2D eigenvalue weighted by Gasteiger charge is 2.23.